The minimum Gasteiger partial charge on any atom is -0.548 e. The van der Waals surface area contributed by atoms with Crippen molar-refractivity contribution < 1.29 is 9.90 Å². The molecule has 0 spiro atoms. The van der Waals surface area contributed by atoms with Crippen LogP contribution in [-0.2, 0) is 4.79 Å². The van der Waals surface area contributed by atoms with Gasteiger partial charge in [0.15, 0.2) is 0 Å². The van der Waals surface area contributed by atoms with Crippen LogP contribution in [0.3, 0.4) is 0 Å². The zero-order chi connectivity index (χ0) is 15.0. The lowest BCUT2D eigenvalue weighted by Gasteiger charge is -2.24. The van der Waals surface area contributed by atoms with Crippen LogP contribution in [0.25, 0.3) is 10.2 Å². The van der Waals surface area contributed by atoms with Crippen LogP contribution in [0.5, 0.6) is 0 Å². The summed E-state index contributed by atoms with van der Waals surface area (Å²) in [7, 11) is 0. The Morgan fingerprint density at radius 1 is 1.25 bits per heavy atom. The zero-order valence-corrected chi connectivity index (χ0v) is 13.1. The van der Waals surface area contributed by atoms with Gasteiger partial charge in [0, 0.05) is 4.88 Å². The molecule has 0 fully saturated rings. The van der Waals surface area contributed by atoms with Crippen LogP contribution < -0.4 is 10.4 Å². The third kappa shape index (κ3) is 2.60. The third-order valence-electron chi connectivity index (χ3n) is 3.35. The summed E-state index contributed by atoms with van der Waals surface area (Å²) in [5.41, 5.74) is 1.09. The van der Waals surface area contributed by atoms with E-state index in [9.17, 15) is 9.90 Å². The number of anilines is 1. The van der Waals surface area contributed by atoms with Gasteiger partial charge in [-0.25, -0.2) is 9.97 Å². The van der Waals surface area contributed by atoms with E-state index in [-0.39, 0.29) is 5.92 Å². The fraction of sp³-hybridized carbons (Fsp3) is 0.500. The Kier molecular flexibility index (Phi) is 3.94. The SMILES string of the molecule is Cc1nc(N[C@@H](C(=O)[O-])C(C)C)c2c(C)c(C)sc2n1. The van der Waals surface area contributed by atoms with E-state index >= 15 is 0 Å². The quantitative estimate of drug-likeness (QED) is 0.929. The molecule has 108 valence electrons. The number of aliphatic carboxylic acids is 1. The van der Waals surface area contributed by atoms with Crippen molar-refractivity contribution >= 4 is 33.3 Å². The Labute approximate surface area is 122 Å². The number of nitrogens with zero attached hydrogens (tertiary/aromatic N) is 2. The summed E-state index contributed by atoms with van der Waals surface area (Å²) in [4.78, 5) is 22.1. The lowest BCUT2D eigenvalue weighted by Crippen LogP contribution is -2.44. The van der Waals surface area contributed by atoms with Gasteiger partial charge in [-0.05, 0) is 32.3 Å². The van der Waals surface area contributed by atoms with Gasteiger partial charge in [0.25, 0.3) is 0 Å². The van der Waals surface area contributed by atoms with Crippen molar-refractivity contribution in [1.82, 2.24) is 9.97 Å². The zero-order valence-electron chi connectivity index (χ0n) is 12.3. The number of rotatable bonds is 4. The van der Waals surface area contributed by atoms with Gasteiger partial charge < -0.3 is 15.2 Å². The van der Waals surface area contributed by atoms with Crippen LogP contribution in [0.1, 0.15) is 30.1 Å². The largest absolute Gasteiger partial charge is 0.548 e. The lowest BCUT2D eigenvalue weighted by atomic mass is 10.0. The molecule has 1 atom stereocenters. The second kappa shape index (κ2) is 5.36. The Morgan fingerprint density at radius 2 is 1.90 bits per heavy atom. The number of carbonyl (C=O) groups excluding carboxylic acids is 1. The highest BCUT2D eigenvalue weighted by Crippen LogP contribution is 2.33. The molecule has 0 saturated heterocycles. The van der Waals surface area contributed by atoms with Crippen molar-refractivity contribution in [3.05, 3.63) is 16.3 Å². The second-order valence-electron chi connectivity index (χ2n) is 5.27. The van der Waals surface area contributed by atoms with Crippen LogP contribution in [0, 0.1) is 26.7 Å². The van der Waals surface area contributed by atoms with Crippen LogP contribution in [0.15, 0.2) is 0 Å². The normalized spacial score (nSPS) is 12.9. The summed E-state index contributed by atoms with van der Waals surface area (Å²) >= 11 is 1.60. The van der Waals surface area contributed by atoms with E-state index in [1.807, 2.05) is 27.7 Å². The summed E-state index contributed by atoms with van der Waals surface area (Å²) in [6, 6.07) is -0.771. The van der Waals surface area contributed by atoms with Gasteiger partial charge in [-0.15, -0.1) is 11.3 Å². The smallest absolute Gasteiger partial charge is 0.139 e. The first-order valence-corrected chi connectivity index (χ1v) is 7.34. The molecule has 0 amide bonds. The minimum absolute atomic E-state index is 0.0923. The molecule has 20 heavy (non-hydrogen) atoms. The summed E-state index contributed by atoms with van der Waals surface area (Å²) in [6.45, 7) is 9.51. The number of hydrogen-bond acceptors (Lipinski definition) is 6. The van der Waals surface area contributed by atoms with Crippen LogP contribution in [-0.4, -0.2) is 22.0 Å². The summed E-state index contributed by atoms with van der Waals surface area (Å²) in [5.74, 6) is -0.00117. The monoisotopic (exact) mass is 292 g/mol. The molecule has 6 heteroatoms. The van der Waals surface area contributed by atoms with Crippen LogP contribution >= 0.6 is 11.3 Å². The number of carboxylic acids is 1. The van der Waals surface area contributed by atoms with Gasteiger partial charge in [-0.2, -0.15) is 0 Å². The number of fused-ring (bicyclic) bond motifs is 1. The molecular weight excluding hydrogens is 274 g/mol. The second-order valence-corrected chi connectivity index (χ2v) is 6.47. The Balaban J connectivity index is 2.55. The number of nitrogens with one attached hydrogen (secondary N) is 1. The number of aryl methyl sites for hydroxylation is 3. The van der Waals surface area contributed by atoms with Crippen molar-refractivity contribution in [2.24, 2.45) is 5.92 Å². The van der Waals surface area contributed by atoms with Gasteiger partial charge in [-0.3, -0.25) is 0 Å². The molecular formula is C14H18N3O2S-. The van der Waals surface area contributed by atoms with E-state index in [2.05, 4.69) is 15.3 Å². The molecule has 0 unspecified atom stereocenters. The third-order valence-corrected chi connectivity index (χ3v) is 4.45. The van der Waals surface area contributed by atoms with E-state index in [0.29, 0.717) is 11.6 Å². The predicted octanol–water partition coefficient (Wildman–Crippen LogP) is 1.80. The first kappa shape index (κ1) is 14.7. The highest BCUT2D eigenvalue weighted by molar-refractivity contribution is 7.18. The highest BCUT2D eigenvalue weighted by atomic mass is 32.1. The van der Waals surface area contributed by atoms with E-state index < -0.39 is 12.0 Å². The maximum absolute atomic E-state index is 11.2. The molecule has 0 saturated carbocycles. The molecule has 2 rings (SSSR count). The van der Waals surface area contributed by atoms with Gasteiger partial charge in [0.05, 0.1) is 17.4 Å². The highest BCUT2D eigenvalue weighted by Gasteiger charge is 2.19. The number of hydrogen-bond donors (Lipinski definition) is 1. The van der Waals surface area contributed by atoms with E-state index in [4.69, 9.17) is 0 Å². The molecule has 2 heterocycles. The maximum atomic E-state index is 11.2. The van der Waals surface area contributed by atoms with E-state index in [0.717, 1.165) is 20.7 Å². The van der Waals surface area contributed by atoms with Crippen molar-refractivity contribution in [2.75, 3.05) is 5.32 Å². The Morgan fingerprint density at radius 3 is 2.45 bits per heavy atom. The van der Waals surface area contributed by atoms with Crippen molar-refractivity contribution in [3.63, 3.8) is 0 Å². The fourth-order valence-electron chi connectivity index (χ4n) is 2.11. The minimum atomic E-state index is -1.12. The number of carboxylic acid groups (broad SMARTS) is 1. The van der Waals surface area contributed by atoms with Gasteiger partial charge >= 0.3 is 0 Å². The standard InChI is InChI=1S/C14H19N3O2S/c1-6(2)11(14(18)19)17-12-10-7(3)8(4)20-13(10)16-9(5)15-12/h6,11H,1-5H3,(H,18,19)(H,15,16,17)/p-1/t11-/m1/s1. The first-order valence-electron chi connectivity index (χ1n) is 6.53. The average molecular weight is 292 g/mol. The molecule has 0 aliphatic carbocycles. The molecule has 1 N–H and O–H groups in total. The molecule has 5 nitrogen and oxygen atoms in total. The maximum Gasteiger partial charge on any atom is 0.139 e. The molecule has 0 aliphatic heterocycles. The van der Waals surface area contributed by atoms with Gasteiger partial charge in [0.2, 0.25) is 0 Å². The Hall–Kier alpha value is -1.69. The number of thiophene rings is 1. The van der Waals surface area contributed by atoms with Crippen LogP contribution in [0.4, 0.5) is 5.82 Å². The van der Waals surface area contributed by atoms with Gasteiger partial charge in [-0.1, -0.05) is 13.8 Å². The fourth-order valence-corrected chi connectivity index (χ4v) is 3.18. The summed E-state index contributed by atoms with van der Waals surface area (Å²) in [6.07, 6.45) is 0. The van der Waals surface area contributed by atoms with E-state index in [1.54, 1.807) is 18.3 Å². The van der Waals surface area contributed by atoms with E-state index in [1.165, 1.54) is 0 Å². The molecule has 0 bridgehead atoms. The summed E-state index contributed by atoms with van der Waals surface area (Å²) < 4.78 is 0. The predicted molar refractivity (Wildman–Crippen MR) is 78.9 cm³/mol. The van der Waals surface area contributed by atoms with Crippen molar-refractivity contribution in [3.8, 4) is 0 Å². The lowest BCUT2D eigenvalue weighted by molar-refractivity contribution is -0.307. The molecule has 0 aliphatic rings. The molecule has 2 aromatic heterocycles. The van der Waals surface area contributed by atoms with Crippen molar-refractivity contribution in [2.45, 2.75) is 40.7 Å². The Bertz CT molecular complexity index is 664. The van der Waals surface area contributed by atoms with Crippen molar-refractivity contribution in [1.29, 1.82) is 0 Å². The van der Waals surface area contributed by atoms with Crippen LogP contribution in [0.2, 0.25) is 0 Å². The molecule has 2 aromatic rings. The number of carbonyl (C=O) groups is 1. The molecule has 0 aromatic carbocycles. The topological polar surface area (TPSA) is 77.9 Å². The van der Waals surface area contributed by atoms with Gasteiger partial charge in [0.1, 0.15) is 16.5 Å². The average Bonchev–Trinajstić information content (AvgIpc) is 2.60. The molecule has 0 radical (unpaired) electrons. The number of aromatic nitrogens is 2. The summed E-state index contributed by atoms with van der Waals surface area (Å²) in [5, 5.41) is 15.2. The first-order chi connectivity index (χ1) is 9.31.